The number of benzene rings is 1. The summed E-state index contributed by atoms with van der Waals surface area (Å²) in [5, 5.41) is 1.17. The molecule has 1 aliphatic heterocycles. The van der Waals surface area contributed by atoms with E-state index in [9.17, 15) is 4.39 Å². The third-order valence-electron chi connectivity index (χ3n) is 3.58. The van der Waals surface area contributed by atoms with Gasteiger partial charge >= 0.3 is 0 Å². The highest BCUT2D eigenvalue weighted by atomic mass is 79.9. The number of rotatable bonds is 3. The van der Waals surface area contributed by atoms with Crippen molar-refractivity contribution in [2.75, 3.05) is 11.9 Å². The van der Waals surface area contributed by atoms with Gasteiger partial charge in [-0.3, -0.25) is 4.90 Å². The molecule has 1 nitrogen and oxygen atoms in total. The molecule has 18 heavy (non-hydrogen) atoms. The first-order valence-electron chi connectivity index (χ1n) is 6.45. The molecule has 0 saturated carbocycles. The average Bonchev–Trinajstić information content (AvgIpc) is 2.60. The zero-order valence-corrected chi connectivity index (χ0v) is 12.7. The highest BCUT2D eigenvalue weighted by Gasteiger charge is 2.21. The van der Waals surface area contributed by atoms with Gasteiger partial charge in [-0.15, -0.1) is 0 Å². The first-order chi connectivity index (χ1) is 8.72. The summed E-state index contributed by atoms with van der Waals surface area (Å²) in [7, 11) is 0. The van der Waals surface area contributed by atoms with Gasteiger partial charge in [-0.2, -0.15) is 0 Å². The summed E-state index contributed by atoms with van der Waals surface area (Å²) < 4.78 is 13.9. The molecule has 1 aromatic rings. The average molecular weight is 335 g/mol. The van der Waals surface area contributed by atoms with Crippen LogP contribution >= 0.6 is 27.5 Å². The molecule has 0 aromatic heterocycles. The second-order valence-electron chi connectivity index (χ2n) is 4.84. The third-order valence-corrected chi connectivity index (χ3v) is 4.62. The lowest BCUT2D eigenvalue weighted by Crippen LogP contribution is -2.35. The summed E-state index contributed by atoms with van der Waals surface area (Å²) in [5.74, 6) is -0.267. The van der Waals surface area contributed by atoms with Gasteiger partial charge in [0.1, 0.15) is 5.82 Å². The third kappa shape index (κ3) is 3.46. The van der Waals surface area contributed by atoms with E-state index >= 15 is 0 Å². The molecule has 0 spiro atoms. The maximum Gasteiger partial charge on any atom is 0.146 e. The number of halogens is 3. The second kappa shape index (κ2) is 6.88. The normalized spacial score (nSPS) is 21.8. The zero-order valence-electron chi connectivity index (χ0n) is 10.3. The van der Waals surface area contributed by atoms with E-state index in [1.54, 1.807) is 6.07 Å². The van der Waals surface area contributed by atoms with Crippen molar-refractivity contribution in [2.24, 2.45) is 0 Å². The first-order valence-corrected chi connectivity index (χ1v) is 7.95. The molecule has 0 bridgehead atoms. The van der Waals surface area contributed by atoms with Crippen LogP contribution in [0, 0.1) is 5.82 Å². The Morgan fingerprint density at radius 2 is 2.17 bits per heavy atom. The van der Waals surface area contributed by atoms with Crippen LogP contribution in [0.3, 0.4) is 0 Å². The number of alkyl halides is 1. The zero-order chi connectivity index (χ0) is 13.0. The highest BCUT2D eigenvalue weighted by Crippen LogP contribution is 2.24. The molecule has 0 N–H and O–H groups in total. The number of nitrogens with zero attached hydrogens (tertiary/aromatic N) is 1. The summed E-state index contributed by atoms with van der Waals surface area (Å²) in [4.78, 5) is 2.37. The van der Waals surface area contributed by atoms with Crippen LogP contribution in [0.4, 0.5) is 4.39 Å². The van der Waals surface area contributed by atoms with Crippen LogP contribution in [0.5, 0.6) is 0 Å². The van der Waals surface area contributed by atoms with E-state index in [2.05, 4.69) is 20.8 Å². The molecule has 1 saturated heterocycles. The lowest BCUT2D eigenvalue weighted by molar-refractivity contribution is 0.206. The van der Waals surface area contributed by atoms with Gasteiger partial charge in [-0.25, -0.2) is 4.39 Å². The van der Waals surface area contributed by atoms with Crippen molar-refractivity contribution in [2.45, 2.75) is 38.3 Å². The molecule has 1 unspecified atom stereocenters. The maximum absolute atomic E-state index is 13.9. The van der Waals surface area contributed by atoms with E-state index in [1.807, 2.05) is 12.1 Å². The molecule has 100 valence electrons. The van der Waals surface area contributed by atoms with Gasteiger partial charge in [-0.05, 0) is 25.5 Å². The summed E-state index contributed by atoms with van der Waals surface area (Å²) in [6.45, 7) is 1.70. The van der Waals surface area contributed by atoms with E-state index in [-0.39, 0.29) is 10.8 Å². The van der Waals surface area contributed by atoms with Crippen LogP contribution in [0.2, 0.25) is 5.02 Å². The van der Waals surface area contributed by atoms with E-state index in [0.29, 0.717) is 18.2 Å². The molecule has 1 heterocycles. The van der Waals surface area contributed by atoms with Crippen molar-refractivity contribution in [3.05, 3.63) is 34.6 Å². The molecule has 4 heteroatoms. The molecule has 2 rings (SSSR count). The van der Waals surface area contributed by atoms with E-state index in [4.69, 9.17) is 11.6 Å². The van der Waals surface area contributed by atoms with Crippen LogP contribution in [0.1, 0.15) is 31.2 Å². The predicted octanol–water partition coefficient (Wildman–Crippen LogP) is 4.62. The number of hydrogen-bond acceptors (Lipinski definition) is 1. The molecule has 0 radical (unpaired) electrons. The van der Waals surface area contributed by atoms with Crippen LogP contribution < -0.4 is 0 Å². The van der Waals surface area contributed by atoms with Gasteiger partial charge < -0.3 is 0 Å². The molecular formula is C14H18BrClFN. The molecule has 0 amide bonds. The Labute approximate surface area is 121 Å². The summed E-state index contributed by atoms with van der Waals surface area (Å²) in [5.41, 5.74) is 0.704. The molecular weight excluding hydrogens is 317 g/mol. The summed E-state index contributed by atoms with van der Waals surface area (Å²) >= 11 is 9.40. The lowest BCUT2D eigenvalue weighted by atomic mass is 10.1. The lowest BCUT2D eigenvalue weighted by Gasteiger charge is -2.28. The van der Waals surface area contributed by atoms with Gasteiger partial charge in [0.2, 0.25) is 0 Å². The summed E-state index contributed by atoms with van der Waals surface area (Å²) in [6, 6.07) is 5.76. The van der Waals surface area contributed by atoms with Crippen LogP contribution in [-0.4, -0.2) is 22.8 Å². The van der Waals surface area contributed by atoms with Gasteiger partial charge in [0, 0.05) is 23.5 Å². The SMILES string of the molecule is Fc1c(Cl)cccc1CN1CCCCCC1CBr. The summed E-state index contributed by atoms with van der Waals surface area (Å²) in [6.07, 6.45) is 4.93. The minimum absolute atomic E-state index is 0.220. The molecule has 1 aliphatic rings. The predicted molar refractivity (Wildman–Crippen MR) is 77.9 cm³/mol. The van der Waals surface area contributed by atoms with E-state index < -0.39 is 0 Å². The van der Waals surface area contributed by atoms with E-state index in [0.717, 1.165) is 11.9 Å². The number of hydrogen-bond donors (Lipinski definition) is 0. The Kier molecular flexibility index (Phi) is 5.46. The van der Waals surface area contributed by atoms with Crippen molar-refractivity contribution in [1.82, 2.24) is 4.90 Å². The smallest absolute Gasteiger partial charge is 0.146 e. The van der Waals surface area contributed by atoms with Crippen molar-refractivity contribution in [1.29, 1.82) is 0 Å². The Bertz CT molecular complexity index is 399. The van der Waals surface area contributed by atoms with Crippen molar-refractivity contribution in [3.63, 3.8) is 0 Å². The Balaban J connectivity index is 2.12. The standard InChI is InChI=1S/C14H18BrClFN/c15-9-12-6-2-1-3-8-18(12)10-11-5-4-7-13(16)14(11)17/h4-5,7,12H,1-3,6,8-10H2. The molecule has 1 atom stereocenters. The monoisotopic (exact) mass is 333 g/mol. The fraction of sp³-hybridized carbons (Fsp3) is 0.571. The van der Waals surface area contributed by atoms with Gasteiger partial charge in [0.15, 0.2) is 0 Å². The van der Waals surface area contributed by atoms with Crippen LogP contribution in [0.25, 0.3) is 0 Å². The second-order valence-corrected chi connectivity index (χ2v) is 5.90. The van der Waals surface area contributed by atoms with Gasteiger partial charge in [0.25, 0.3) is 0 Å². The van der Waals surface area contributed by atoms with Crippen molar-refractivity contribution in [3.8, 4) is 0 Å². The fourth-order valence-corrected chi connectivity index (χ4v) is 3.44. The first kappa shape index (κ1) is 14.3. The molecule has 1 fully saturated rings. The van der Waals surface area contributed by atoms with E-state index in [1.165, 1.54) is 25.7 Å². The van der Waals surface area contributed by atoms with Crippen LogP contribution in [-0.2, 0) is 6.54 Å². The quantitative estimate of drug-likeness (QED) is 0.729. The largest absolute Gasteiger partial charge is 0.295 e. The Hall–Kier alpha value is -0.120. The fourth-order valence-electron chi connectivity index (χ4n) is 2.51. The maximum atomic E-state index is 13.9. The molecule has 0 aliphatic carbocycles. The Morgan fingerprint density at radius 1 is 1.33 bits per heavy atom. The van der Waals surface area contributed by atoms with Crippen molar-refractivity contribution < 1.29 is 4.39 Å². The molecule has 1 aromatic carbocycles. The topological polar surface area (TPSA) is 3.24 Å². The Morgan fingerprint density at radius 3 is 2.94 bits per heavy atom. The van der Waals surface area contributed by atoms with Crippen LogP contribution in [0.15, 0.2) is 18.2 Å². The minimum Gasteiger partial charge on any atom is -0.295 e. The van der Waals surface area contributed by atoms with Crippen molar-refractivity contribution >= 4 is 27.5 Å². The highest BCUT2D eigenvalue weighted by molar-refractivity contribution is 9.09. The van der Waals surface area contributed by atoms with Gasteiger partial charge in [0.05, 0.1) is 5.02 Å². The number of likely N-dealkylation sites (tertiary alicyclic amines) is 1. The minimum atomic E-state index is -0.267. The van der Waals surface area contributed by atoms with Gasteiger partial charge in [-0.1, -0.05) is 52.5 Å².